The van der Waals surface area contributed by atoms with Crippen molar-refractivity contribution >= 4 is 58.2 Å². The highest BCUT2D eigenvalue weighted by Gasteiger charge is 2.36. The number of rotatable bonds is 3. The molecule has 0 bridgehead atoms. The molecule has 166 valence electrons. The van der Waals surface area contributed by atoms with E-state index in [9.17, 15) is 9.59 Å². The van der Waals surface area contributed by atoms with Crippen molar-refractivity contribution in [3.05, 3.63) is 64.2 Å². The van der Waals surface area contributed by atoms with Crippen molar-refractivity contribution in [1.82, 2.24) is 5.32 Å². The Labute approximate surface area is 199 Å². The quantitative estimate of drug-likeness (QED) is 0.379. The molecule has 2 heterocycles. The molecule has 4 rings (SSSR count). The average Bonchev–Trinajstić information content (AvgIpc) is 2.72. The number of amides is 2. The van der Waals surface area contributed by atoms with Crippen LogP contribution in [0.25, 0.3) is 6.08 Å². The maximum atomic E-state index is 13.2. The summed E-state index contributed by atoms with van der Waals surface area (Å²) in [6.45, 7) is 9.85. The Hall–Kier alpha value is -2.70. The van der Waals surface area contributed by atoms with Gasteiger partial charge < -0.3 is 4.90 Å². The van der Waals surface area contributed by atoms with E-state index < -0.39 is 11.8 Å². The van der Waals surface area contributed by atoms with Crippen LogP contribution in [-0.4, -0.2) is 29.0 Å². The molecule has 1 N–H and O–H groups in total. The SMILES string of the molecule is CCN1c2ccc(/C=C3\C(=O)NC(=S)N(c4ccc(Cl)cc4)C3=O)cc2C(C)CC1(C)C. The van der Waals surface area contributed by atoms with Crippen LogP contribution >= 0.6 is 23.8 Å². The molecule has 32 heavy (non-hydrogen) atoms. The second kappa shape index (κ2) is 8.34. The van der Waals surface area contributed by atoms with E-state index in [1.807, 2.05) is 6.07 Å². The molecule has 2 amide bonds. The fourth-order valence-electron chi connectivity index (χ4n) is 4.85. The Morgan fingerprint density at radius 1 is 1.19 bits per heavy atom. The molecule has 2 aliphatic rings. The van der Waals surface area contributed by atoms with E-state index in [-0.39, 0.29) is 16.2 Å². The predicted molar refractivity (Wildman–Crippen MR) is 134 cm³/mol. The molecule has 0 spiro atoms. The third-order valence-electron chi connectivity index (χ3n) is 6.22. The maximum absolute atomic E-state index is 13.2. The molecule has 0 aromatic heterocycles. The number of hydrogen-bond donors (Lipinski definition) is 1. The van der Waals surface area contributed by atoms with E-state index in [0.717, 1.165) is 18.5 Å². The van der Waals surface area contributed by atoms with Crippen molar-refractivity contribution in [2.45, 2.75) is 45.6 Å². The zero-order valence-electron chi connectivity index (χ0n) is 18.6. The largest absolute Gasteiger partial charge is 0.366 e. The van der Waals surface area contributed by atoms with E-state index in [4.69, 9.17) is 23.8 Å². The molecule has 0 saturated carbocycles. The van der Waals surface area contributed by atoms with Crippen LogP contribution in [0.15, 0.2) is 48.0 Å². The van der Waals surface area contributed by atoms with Gasteiger partial charge in [0.05, 0.1) is 5.69 Å². The normalized spacial score (nSPS) is 21.6. The van der Waals surface area contributed by atoms with Gasteiger partial charge in [-0.15, -0.1) is 0 Å². The Bertz CT molecular complexity index is 1140. The minimum absolute atomic E-state index is 0.0460. The van der Waals surface area contributed by atoms with Gasteiger partial charge in [0.1, 0.15) is 5.57 Å². The molecule has 2 aromatic rings. The predicted octanol–water partition coefficient (Wildman–Crippen LogP) is 5.28. The van der Waals surface area contributed by atoms with Gasteiger partial charge in [-0.25, -0.2) is 0 Å². The molecule has 1 fully saturated rings. The summed E-state index contributed by atoms with van der Waals surface area (Å²) in [6.07, 6.45) is 2.68. The van der Waals surface area contributed by atoms with Crippen LogP contribution in [0.4, 0.5) is 11.4 Å². The summed E-state index contributed by atoms with van der Waals surface area (Å²) in [5.41, 5.74) is 3.93. The number of hydrogen-bond acceptors (Lipinski definition) is 4. The summed E-state index contributed by atoms with van der Waals surface area (Å²) < 4.78 is 0. The van der Waals surface area contributed by atoms with Gasteiger partial charge in [0.25, 0.3) is 11.8 Å². The summed E-state index contributed by atoms with van der Waals surface area (Å²) in [5, 5.41) is 3.24. The van der Waals surface area contributed by atoms with Gasteiger partial charge in [0.15, 0.2) is 5.11 Å². The fourth-order valence-corrected chi connectivity index (χ4v) is 5.25. The number of nitrogens with one attached hydrogen (secondary N) is 1. The van der Waals surface area contributed by atoms with Crippen molar-refractivity contribution < 1.29 is 9.59 Å². The summed E-state index contributed by atoms with van der Waals surface area (Å²) in [4.78, 5) is 29.6. The first kappa shape index (κ1) is 22.5. The van der Waals surface area contributed by atoms with Crippen molar-refractivity contribution in [2.24, 2.45) is 0 Å². The molecule has 0 aliphatic carbocycles. The Morgan fingerprint density at radius 3 is 2.53 bits per heavy atom. The van der Waals surface area contributed by atoms with Gasteiger partial charge >= 0.3 is 0 Å². The summed E-state index contributed by atoms with van der Waals surface area (Å²) >= 11 is 11.2. The Morgan fingerprint density at radius 2 is 1.88 bits per heavy atom. The fraction of sp³-hybridized carbons (Fsp3) is 0.320. The zero-order chi connectivity index (χ0) is 23.2. The molecule has 1 saturated heterocycles. The number of fused-ring (bicyclic) bond motifs is 1. The van der Waals surface area contributed by atoms with Gasteiger partial charge in [0, 0.05) is 22.8 Å². The number of carbonyl (C=O) groups is 2. The first-order valence-corrected chi connectivity index (χ1v) is 11.5. The standard InChI is InChI=1S/C25H26ClN3O2S/c1-5-28-21-11-6-16(12-19(21)15(2)14-25(28,3)4)13-20-22(30)27-24(32)29(23(20)31)18-9-7-17(26)8-10-18/h6-13,15H,5,14H2,1-4H3,(H,27,30,32)/b20-13+. The van der Waals surface area contributed by atoms with Crippen LogP contribution in [0.3, 0.4) is 0 Å². The first-order chi connectivity index (χ1) is 15.1. The molecule has 0 radical (unpaired) electrons. The topological polar surface area (TPSA) is 52.7 Å². The van der Waals surface area contributed by atoms with Crippen LogP contribution in [0, 0.1) is 0 Å². The van der Waals surface area contributed by atoms with Crippen molar-refractivity contribution in [1.29, 1.82) is 0 Å². The lowest BCUT2D eigenvalue weighted by Gasteiger charge is -2.47. The highest BCUT2D eigenvalue weighted by atomic mass is 35.5. The number of thiocarbonyl (C=S) groups is 1. The Kier molecular flexibility index (Phi) is 5.86. The van der Waals surface area contributed by atoms with E-state index in [1.54, 1.807) is 30.3 Å². The van der Waals surface area contributed by atoms with Gasteiger partial charge in [-0.2, -0.15) is 0 Å². The molecule has 1 atom stereocenters. The zero-order valence-corrected chi connectivity index (χ0v) is 20.2. The second-order valence-electron chi connectivity index (χ2n) is 8.91. The summed E-state index contributed by atoms with van der Waals surface area (Å²) in [5.74, 6) is -0.578. The van der Waals surface area contributed by atoms with Crippen molar-refractivity contribution in [3.63, 3.8) is 0 Å². The number of benzene rings is 2. The summed E-state index contributed by atoms with van der Waals surface area (Å²) in [6, 6.07) is 12.9. The van der Waals surface area contributed by atoms with Crippen molar-refractivity contribution in [3.8, 4) is 0 Å². The smallest absolute Gasteiger partial charge is 0.270 e. The molecule has 2 aliphatic heterocycles. The highest BCUT2D eigenvalue weighted by molar-refractivity contribution is 7.80. The Balaban J connectivity index is 1.72. The van der Waals surface area contributed by atoms with Gasteiger partial charge in [-0.1, -0.05) is 24.6 Å². The third-order valence-corrected chi connectivity index (χ3v) is 6.76. The van der Waals surface area contributed by atoms with E-state index >= 15 is 0 Å². The minimum atomic E-state index is -0.493. The average molecular weight is 468 g/mol. The molecular weight excluding hydrogens is 442 g/mol. The van der Waals surface area contributed by atoms with Crippen LogP contribution in [-0.2, 0) is 9.59 Å². The maximum Gasteiger partial charge on any atom is 0.270 e. The minimum Gasteiger partial charge on any atom is -0.366 e. The lowest BCUT2D eigenvalue weighted by molar-refractivity contribution is -0.122. The van der Waals surface area contributed by atoms with Crippen LogP contribution in [0.2, 0.25) is 5.02 Å². The highest BCUT2D eigenvalue weighted by Crippen LogP contribution is 2.43. The van der Waals surface area contributed by atoms with Crippen LogP contribution in [0.5, 0.6) is 0 Å². The monoisotopic (exact) mass is 467 g/mol. The van der Waals surface area contributed by atoms with Crippen LogP contribution in [0.1, 0.15) is 51.2 Å². The molecular formula is C25H26ClN3O2S. The molecule has 2 aromatic carbocycles. The van der Waals surface area contributed by atoms with Crippen LogP contribution < -0.4 is 15.1 Å². The molecule has 1 unspecified atom stereocenters. The van der Waals surface area contributed by atoms with E-state index in [1.165, 1.54) is 16.2 Å². The lowest BCUT2D eigenvalue weighted by Crippen LogP contribution is -2.54. The third kappa shape index (κ3) is 3.93. The van der Waals surface area contributed by atoms with E-state index in [0.29, 0.717) is 16.6 Å². The van der Waals surface area contributed by atoms with Gasteiger partial charge in [-0.05, 0) is 98.9 Å². The van der Waals surface area contributed by atoms with Gasteiger partial charge in [-0.3, -0.25) is 19.8 Å². The second-order valence-corrected chi connectivity index (χ2v) is 9.74. The molecule has 7 heteroatoms. The number of carbonyl (C=O) groups excluding carboxylic acids is 2. The van der Waals surface area contributed by atoms with E-state index in [2.05, 4.69) is 50.0 Å². The van der Waals surface area contributed by atoms with Crippen molar-refractivity contribution in [2.75, 3.05) is 16.3 Å². The molecule has 5 nitrogen and oxygen atoms in total. The number of halogens is 1. The number of nitrogens with zero attached hydrogens (tertiary/aromatic N) is 2. The van der Waals surface area contributed by atoms with Gasteiger partial charge in [0.2, 0.25) is 0 Å². The lowest BCUT2D eigenvalue weighted by atomic mass is 9.79. The first-order valence-electron chi connectivity index (χ1n) is 10.7. The number of anilines is 2. The summed E-state index contributed by atoms with van der Waals surface area (Å²) in [7, 11) is 0.